The quantitative estimate of drug-likeness (QED) is 0.837. The van der Waals surface area contributed by atoms with E-state index in [-0.39, 0.29) is 5.91 Å². The summed E-state index contributed by atoms with van der Waals surface area (Å²) < 4.78 is 2.12. The van der Waals surface area contributed by atoms with E-state index in [9.17, 15) is 4.79 Å². The number of hydrogen-bond donors (Lipinski definition) is 1. The first-order valence-corrected chi connectivity index (χ1v) is 10.5. The molecule has 1 saturated heterocycles. The van der Waals surface area contributed by atoms with Gasteiger partial charge in [0.2, 0.25) is 0 Å². The lowest BCUT2D eigenvalue weighted by atomic mass is 9.91. The van der Waals surface area contributed by atoms with Crippen LogP contribution in [0.3, 0.4) is 0 Å². The molecule has 2 heterocycles. The third-order valence-electron chi connectivity index (χ3n) is 6.17. The second-order valence-electron chi connectivity index (χ2n) is 8.38. The number of hydrogen-bond acceptors (Lipinski definition) is 4. The van der Waals surface area contributed by atoms with Crippen molar-refractivity contribution >= 4 is 5.91 Å². The molecule has 0 spiro atoms. The van der Waals surface area contributed by atoms with Crippen LogP contribution in [0.15, 0.2) is 0 Å². The van der Waals surface area contributed by atoms with E-state index < -0.39 is 0 Å². The van der Waals surface area contributed by atoms with Crippen LogP contribution in [0, 0.1) is 5.92 Å². The van der Waals surface area contributed by atoms with Gasteiger partial charge in [-0.2, -0.15) is 5.10 Å². The van der Waals surface area contributed by atoms with Crippen LogP contribution in [0.25, 0.3) is 0 Å². The zero-order chi connectivity index (χ0) is 18.1. The molecule has 1 unspecified atom stereocenters. The van der Waals surface area contributed by atoms with E-state index in [1.165, 1.54) is 24.1 Å². The van der Waals surface area contributed by atoms with Crippen LogP contribution in [-0.2, 0) is 19.4 Å². The van der Waals surface area contributed by atoms with Crippen molar-refractivity contribution in [3.05, 3.63) is 17.0 Å². The van der Waals surface area contributed by atoms with Crippen LogP contribution >= 0.6 is 0 Å². The summed E-state index contributed by atoms with van der Waals surface area (Å²) in [6.45, 7) is 7.77. The number of nitrogens with one attached hydrogen (secondary N) is 1. The SMILES string of the molecule is CCCn1nc(C(=O)N2CCN(C)CC2)c2c1CCC(NCC1CC1)C2. The van der Waals surface area contributed by atoms with Gasteiger partial charge in [-0.15, -0.1) is 0 Å². The third kappa shape index (κ3) is 3.81. The summed E-state index contributed by atoms with van der Waals surface area (Å²) in [6.07, 6.45) is 6.98. The van der Waals surface area contributed by atoms with E-state index in [0.717, 1.165) is 76.6 Å². The summed E-state index contributed by atoms with van der Waals surface area (Å²) in [7, 11) is 2.12. The predicted molar refractivity (Wildman–Crippen MR) is 102 cm³/mol. The lowest BCUT2D eigenvalue weighted by molar-refractivity contribution is 0.0656. The molecule has 1 amide bonds. The molecule has 4 rings (SSSR count). The Morgan fingerprint density at radius 2 is 1.96 bits per heavy atom. The number of amides is 1. The zero-order valence-corrected chi connectivity index (χ0v) is 16.3. The second kappa shape index (κ2) is 7.69. The first kappa shape index (κ1) is 18.0. The monoisotopic (exact) mass is 359 g/mol. The van der Waals surface area contributed by atoms with Gasteiger partial charge in [0, 0.05) is 50.0 Å². The molecule has 6 nitrogen and oxygen atoms in total. The molecule has 0 radical (unpaired) electrons. The van der Waals surface area contributed by atoms with Crippen LogP contribution in [0.2, 0.25) is 0 Å². The Balaban J connectivity index is 1.52. The van der Waals surface area contributed by atoms with Gasteiger partial charge in [0.25, 0.3) is 5.91 Å². The van der Waals surface area contributed by atoms with Gasteiger partial charge >= 0.3 is 0 Å². The molecule has 26 heavy (non-hydrogen) atoms. The molecular weight excluding hydrogens is 326 g/mol. The van der Waals surface area contributed by atoms with E-state index in [4.69, 9.17) is 5.10 Å². The highest BCUT2D eigenvalue weighted by molar-refractivity contribution is 5.94. The van der Waals surface area contributed by atoms with E-state index >= 15 is 0 Å². The molecule has 1 N–H and O–H groups in total. The van der Waals surface area contributed by atoms with Gasteiger partial charge in [0.05, 0.1) is 0 Å². The molecule has 1 saturated carbocycles. The number of carbonyl (C=O) groups is 1. The molecule has 1 aromatic rings. The van der Waals surface area contributed by atoms with Crippen LogP contribution in [0.5, 0.6) is 0 Å². The fourth-order valence-electron chi connectivity index (χ4n) is 4.25. The highest BCUT2D eigenvalue weighted by Gasteiger charge is 2.32. The number of aromatic nitrogens is 2. The molecule has 2 fully saturated rings. The lowest BCUT2D eigenvalue weighted by Gasteiger charge is -2.32. The molecular formula is C20H33N5O. The van der Waals surface area contributed by atoms with Gasteiger partial charge < -0.3 is 15.1 Å². The second-order valence-corrected chi connectivity index (χ2v) is 8.38. The molecule has 1 aliphatic heterocycles. The van der Waals surface area contributed by atoms with Crippen LogP contribution in [0.4, 0.5) is 0 Å². The Morgan fingerprint density at radius 1 is 1.19 bits per heavy atom. The maximum atomic E-state index is 13.2. The summed E-state index contributed by atoms with van der Waals surface area (Å²) >= 11 is 0. The van der Waals surface area contributed by atoms with Crippen molar-refractivity contribution in [3.63, 3.8) is 0 Å². The van der Waals surface area contributed by atoms with Crippen LogP contribution in [-0.4, -0.2) is 71.3 Å². The summed E-state index contributed by atoms with van der Waals surface area (Å²) in [5, 5.41) is 8.55. The maximum Gasteiger partial charge on any atom is 0.274 e. The number of carbonyl (C=O) groups excluding carboxylic acids is 1. The molecule has 1 aromatic heterocycles. The lowest BCUT2D eigenvalue weighted by Crippen LogP contribution is -2.47. The molecule has 2 aliphatic carbocycles. The Labute approximate surface area is 156 Å². The normalized spacial score (nSPS) is 23.9. The number of aryl methyl sites for hydroxylation is 1. The van der Waals surface area contributed by atoms with Gasteiger partial charge in [-0.05, 0) is 58.0 Å². The summed E-state index contributed by atoms with van der Waals surface area (Å²) in [5.74, 6) is 1.04. The highest BCUT2D eigenvalue weighted by atomic mass is 16.2. The zero-order valence-electron chi connectivity index (χ0n) is 16.3. The Bertz CT molecular complexity index is 643. The van der Waals surface area contributed by atoms with E-state index in [1.54, 1.807) is 0 Å². The first-order valence-electron chi connectivity index (χ1n) is 10.5. The van der Waals surface area contributed by atoms with Crippen molar-refractivity contribution in [2.75, 3.05) is 39.8 Å². The Hall–Kier alpha value is -1.40. The fraction of sp³-hybridized carbons (Fsp3) is 0.800. The average molecular weight is 360 g/mol. The maximum absolute atomic E-state index is 13.2. The summed E-state index contributed by atoms with van der Waals surface area (Å²) in [6, 6.07) is 0.501. The van der Waals surface area contributed by atoms with Crippen molar-refractivity contribution < 1.29 is 4.79 Å². The topological polar surface area (TPSA) is 53.4 Å². The van der Waals surface area contributed by atoms with Crippen molar-refractivity contribution in [1.29, 1.82) is 0 Å². The molecule has 0 bridgehead atoms. The van der Waals surface area contributed by atoms with Crippen molar-refractivity contribution in [2.45, 2.75) is 58.0 Å². The number of fused-ring (bicyclic) bond motifs is 1. The molecule has 0 aromatic carbocycles. The highest BCUT2D eigenvalue weighted by Crippen LogP contribution is 2.30. The summed E-state index contributed by atoms with van der Waals surface area (Å²) in [4.78, 5) is 17.5. The Kier molecular flexibility index (Phi) is 5.32. The van der Waals surface area contributed by atoms with Crippen LogP contribution in [0.1, 0.15) is 54.4 Å². The van der Waals surface area contributed by atoms with Crippen molar-refractivity contribution in [2.24, 2.45) is 5.92 Å². The van der Waals surface area contributed by atoms with Gasteiger partial charge in [-0.3, -0.25) is 9.48 Å². The number of piperazine rings is 1. The first-order chi connectivity index (χ1) is 12.7. The van der Waals surface area contributed by atoms with Gasteiger partial charge in [0.1, 0.15) is 0 Å². The molecule has 6 heteroatoms. The fourth-order valence-corrected chi connectivity index (χ4v) is 4.25. The molecule has 3 aliphatic rings. The number of nitrogens with zero attached hydrogens (tertiary/aromatic N) is 4. The van der Waals surface area contributed by atoms with Crippen LogP contribution < -0.4 is 5.32 Å². The minimum Gasteiger partial charge on any atom is -0.335 e. The predicted octanol–water partition coefficient (Wildman–Crippen LogP) is 1.54. The smallest absolute Gasteiger partial charge is 0.274 e. The number of rotatable bonds is 6. The van der Waals surface area contributed by atoms with Gasteiger partial charge in [-0.25, -0.2) is 0 Å². The minimum atomic E-state index is 0.145. The van der Waals surface area contributed by atoms with E-state index in [2.05, 4.69) is 28.9 Å². The largest absolute Gasteiger partial charge is 0.335 e. The third-order valence-corrected chi connectivity index (χ3v) is 6.17. The Morgan fingerprint density at radius 3 is 2.65 bits per heavy atom. The summed E-state index contributed by atoms with van der Waals surface area (Å²) in [5.41, 5.74) is 3.27. The van der Waals surface area contributed by atoms with Crippen molar-refractivity contribution in [1.82, 2.24) is 24.9 Å². The van der Waals surface area contributed by atoms with E-state index in [0.29, 0.717) is 6.04 Å². The van der Waals surface area contributed by atoms with Gasteiger partial charge in [0.15, 0.2) is 5.69 Å². The molecule has 1 atom stereocenters. The standard InChI is InChI=1S/C20H33N5O/c1-3-8-25-18-7-6-16(21-14-15-4-5-15)13-17(18)19(22-25)20(26)24-11-9-23(2)10-12-24/h15-16,21H,3-14H2,1-2H3. The number of likely N-dealkylation sites (N-methyl/N-ethyl adjacent to an activating group) is 1. The average Bonchev–Trinajstić information content (AvgIpc) is 3.42. The molecule has 144 valence electrons. The minimum absolute atomic E-state index is 0.145. The van der Waals surface area contributed by atoms with Crippen molar-refractivity contribution in [3.8, 4) is 0 Å². The van der Waals surface area contributed by atoms with Gasteiger partial charge in [-0.1, -0.05) is 6.92 Å². The van der Waals surface area contributed by atoms with E-state index in [1.807, 2.05) is 4.90 Å².